The SMILES string of the molecule is COc1ccc(N2CC(C(=O)N3CC(OC)CC3CC(=O)O)CC2=O)cc1. The number of carboxylic acids is 1. The Kier molecular flexibility index (Phi) is 5.65. The number of hydrogen-bond donors (Lipinski definition) is 1. The van der Waals surface area contributed by atoms with Crippen LogP contribution in [0.1, 0.15) is 19.3 Å². The smallest absolute Gasteiger partial charge is 0.305 e. The van der Waals surface area contributed by atoms with Crippen LogP contribution < -0.4 is 9.64 Å². The Labute approximate surface area is 157 Å². The van der Waals surface area contributed by atoms with Gasteiger partial charge >= 0.3 is 5.97 Å². The predicted molar refractivity (Wildman–Crippen MR) is 96.6 cm³/mol. The number of methoxy groups -OCH3 is 2. The van der Waals surface area contributed by atoms with E-state index in [1.165, 1.54) is 0 Å². The zero-order valence-electron chi connectivity index (χ0n) is 15.5. The summed E-state index contributed by atoms with van der Waals surface area (Å²) in [7, 11) is 3.13. The molecule has 8 heteroatoms. The van der Waals surface area contributed by atoms with E-state index in [1.54, 1.807) is 48.3 Å². The number of rotatable bonds is 6. The molecule has 0 radical (unpaired) electrons. The van der Waals surface area contributed by atoms with E-state index in [1.807, 2.05) is 0 Å². The van der Waals surface area contributed by atoms with Crippen LogP contribution in [0.15, 0.2) is 24.3 Å². The number of nitrogens with zero attached hydrogens (tertiary/aromatic N) is 2. The Morgan fingerprint density at radius 1 is 1.19 bits per heavy atom. The van der Waals surface area contributed by atoms with Gasteiger partial charge in [0.15, 0.2) is 0 Å². The largest absolute Gasteiger partial charge is 0.497 e. The third kappa shape index (κ3) is 4.05. The Morgan fingerprint density at radius 3 is 2.48 bits per heavy atom. The van der Waals surface area contributed by atoms with Crippen LogP contribution in [0, 0.1) is 5.92 Å². The highest BCUT2D eigenvalue weighted by Gasteiger charge is 2.43. The molecule has 2 fully saturated rings. The average Bonchev–Trinajstić information content (AvgIpc) is 3.24. The van der Waals surface area contributed by atoms with E-state index >= 15 is 0 Å². The molecule has 2 heterocycles. The van der Waals surface area contributed by atoms with Crippen LogP contribution in [0.5, 0.6) is 5.75 Å². The number of benzene rings is 1. The summed E-state index contributed by atoms with van der Waals surface area (Å²) in [6.07, 6.45) is 0.332. The molecule has 2 aliphatic heterocycles. The summed E-state index contributed by atoms with van der Waals surface area (Å²) >= 11 is 0. The van der Waals surface area contributed by atoms with Gasteiger partial charge in [-0.05, 0) is 30.7 Å². The first-order valence-corrected chi connectivity index (χ1v) is 8.92. The first-order chi connectivity index (χ1) is 12.9. The Morgan fingerprint density at radius 2 is 1.89 bits per heavy atom. The summed E-state index contributed by atoms with van der Waals surface area (Å²) in [6.45, 7) is 0.651. The summed E-state index contributed by atoms with van der Waals surface area (Å²) in [5.41, 5.74) is 0.717. The lowest BCUT2D eigenvalue weighted by atomic mass is 10.1. The van der Waals surface area contributed by atoms with Crippen LogP contribution in [0.2, 0.25) is 0 Å². The van der Waals surface area contributed by atoms with Gasteiger partial charge in [0.2, 0.25) is 11.8 Å². The van der Waals surface area contributed by atoms with Gasteiger partial charge in [-0.1, -0.05) is 0 Å². The van der Waals surface area contributed by atoms with Crippen molar-refractivity contribution in [2.45, 2.75) is 31.4 Å². The summed E-state index contributed by atoms with van der Waals surface area (Å²) in [5, 5.41) is 9.12. The number of anilines is 1. The maximum atomic E-state index is 13.0. The predicted octanol–water partition coefficient (Wildman–Crippen LogP) is 1.14. The van der Waals surface area contributed by atoms with E-state index in [9.17, 15) is 14.4 Å². The highest BCUT2D eigenvalue weighted by Crippen LogP contribution is 2.31. The van der Waals surface area contributed by atoms with Crippen molar-refractivity contribution in [3.8, 4) is 5.75 Å². The minimum atomic E-state index is -0.947. The summed E-state index contributed by atoms with van der Waals surface area (Å²) in [4.78, 5) is 39.8. The zero-order valence-corrected chi connectivity index (χ0v) is 15.5. The van der Waals surface area contributed by atoms with Crippen molar-refractivity contribution in [3.63, 3.8) is 0 Å². The van der Waals surface area contributed by atoms with E-state index in [2.05, 4.69) is 0 Å². The molecule has 1 aromatic carbocycles. The second-order valence-corrected chi connectivity index (χ2v) is 6.94. The molecule has 0 bridgehead atoms. The highest BCUT2D eigenvalue weighted by atomic mass is 16.5. The average molecular weight is 376 g/mol. The van der Waals surface area contributed by atoms with Gasteiger partial charge in [0, 0.05) is 38.3 Å². The molecular formula is C19H24N2O6. The molecule has 3 rings (SSSR count). The molecule has 0 spiro atoms. The van der Waals surface area contributed by atoms with E-state index in [0.29, 0.717) is 18.7 Å². The summed E-state index contributed by atoms with van der Waals surface area (Å²) < 4.78 is 10.4. The number of likely N-dealkylation sites (tertiary alicyclic amines) is 1. The number of aliphatic carboxylic acids is 1. The van der Waals surface area contributed by atoms with Gasteiger partial charge in [0.25, 0.3) is 0 Å². The monoisotopic (exact) mass is 376 g/mol. The van der Waals surface area contributed by atoms with Crippen LogP contribution >= 0.6 is 0 Å². The van der Waals surface area contributed by atoms with Crippen molar-refractivity contribution >= 4 is 23.5 Å². The number of amides is 2. The maximum absolute atomic E-state index is 13.0. The Hall–Kier alpha value is -2.61. The lowest BCUT2D eigenvalue weighted by Gasteiger charge is -2.26. The van der Waals surface area contributed by atoms with Crippen LogP contribution in [-0.2, 0) is 19.1 Å². The molecular weight excluding hydrogens is 352 g/mol. The second kappa shape index (κ2) is 7.96. The van der Waals surface area contributed by atoms with Crippen LogP contribution in [0.3, 0.4) is 0 Å². The number of carboxylic acid groups (broad SMARTS) is 1. The molecule has 0 saturated carbocycles. The van der Waals surface area contributed by atoms with Gasteiger partial charge in [0.1, 0.15) is 5.75 Å². The van der Waals surface area contributed by atoms with E-state index in [0.717, 1.165) is 5.69 Å². The third-order valence-electron chi connectivity index (χ3n) is 5.26. The lowest BCUT2D eigenvalue weighted by molar-refractivity contribution is -0.141. The molecule has 3 atom stereocenters. The molecule has 1 aromatic rings. The van der Waals surface area contributed by atoms with Crippen molar-refractivity contribution in [2.75, 3.05) is 32.2 Å². The molecule has 2 saturated heterocycles. The molecule has 2 amide bonds. The number of carbonyl (C=O) groups excluding carboxylic acids is 2. The zero-order chi connectivity index (χ0) is 19.6. The minimum absolute atomic E-state index is 0.115. The fourth-order valence-corrected chi connectivity index (χ4v) is 3.83. The van der Waals surface area contributed by atoms with Crippen LogP contribution in [0.4, 0.5) is 5.69 Å². The molecule has 27 heavy (non-hydrogen) atoms. The topological polar surface area (TPSA) is 96.4 Å². The van der Waals surface area contributed by atoms with E-state index in [-0.39, 0.29) is 37.3 Å². The van der Waals surface area contributed by atoms with Crippen molar-refractivity contribution < 1.29 is 29.0 Å². The van der Waals surface area contributed by atoms with E-state index in [4.69, 9.17) is 14.6 Å². The lowest BCUT2D eigenvalue weighted by Crippen LogP contribution is -2.41. The number of hydrogen-bond acceptors (Lipinski definition) is 5. The molecule has 2 aliphatic rings. The third-order valence-corrected chi connectivity index (χ3v) is 5.26. The van der Waals surface area contributed by atoms with Crippen molar-refractivity contribution in [3.05, 3.63) is 24.3 Å². The van der Waals surface area contributed by atoms with Gasteiger partial charge in [0.05, 0.1) is 25.6 Å². The fraction of sp³-hybridized carbons (Fsp3) is 0.526. The van der Waals surface area contributed by atoms with Gasteiger partial charge < -0.3 is 24.4 Å². The maximum Gasteiger partial charge on any atom is 0.305 e. The fourth-order valence-electron chi connectivity index (χ4n) is 3.83. The normalized spacial score (nSPS) is 25.1. The molecule has 8 nitrogen and oxygen atoms in total. The molecule has 0 aromatic heterocycles. The summed E-state index contributed by atoms with van der Waals surface area (Å²) in [6, 6.07) is 6.71. The Balaban J connectivity index is 1.71. The molecule has 3 unspecified atom stereocenters. The van der Waals surface area contributed by atoms with Gasteiger partial charge in [-0.2, -0.15) is 0 Å². The molecule has 0 aliphatic carbocycles. The first-order valence-electron chi connectivity index (χ1n) is 8.92. The van der Waals surface area contributed by atoms with Gasteiger partial charge in [-0.15, -0.1) is 0 Å². The highest BCUT2D eigenvalue weighted by molar-refractivity contribution is 6.00. The van der Waals surface area contributed by atoms with E-state index < -0.39 is 17.9 Å². The minimum Gasteiger partial charge on any atom is -0.497 e. The Bertz CT molecular complexity index is 719. The van der Waals surface area contributed by atoms with Crippen molar-refractivity contribution in [1.29, 1.82) is 0 Å². The van der Waals surface area contributed by atoms with Gasteiger partial charge in [-0.3, -0.25) is 14.4 Å². The molecule has 146 valence electrons. The standard InChI is InChI=1S/C19H24N2O6/c1-26-15-5-3-13(4-6-15)20-10-12(7-17(20)22)19(25)21-11-16(27-2)8-14(21)9-18(23)24/h3-6,12,14,16H,7-11H2,1-2H3,(H,23,24). The number of ether oxygens (including phenoxy) is 2. The number of carbonyl (C=O) groups is 3. The first kappa shape index (κ1) is 19.2. The van der Waals surface area contributed by atoms with Crippen LogP contribution in [-0.4, -0.2) is 67.2 Å². The second-order valence-electron chi connectivity index (χ2n) is 6.94. The van der Waals surface area contributed by atoms with Crippen molar-refractivity contribution in [2.24, 2.45) is 5.92 Å². The van der Waals surface area contributed by atoms with Crippen molar-refractivity contribution in [1.82, 2.24) is 4.90 Å². The molecule has 1 N–H and O–H groups in total. The quantitative estimate of drug-likeness (QED) is 0.800. The van der Waals surface area contributed by atoms with Crippen LogP contribution in [0.25, 0.3) is 0 Å². The van der Waals surface area contributed by atoms with Gasteiger partial charge in [-0.25, -0.2) is 0 Å². The summed E-state index contributed by atoms with van der Waals surface area (Å²) in [5.74, 6) is -1.03.